The third kappa shape index (κ3) is 5.88. The van der Waals surface area contributed by atoms with Crippen molar-refractivity contribution >= 4 is 11.6 Å². The van der Waals surface area contributed by atoms with E-state index in [2.05, 4.69) is 16.7 Å². The second kappa shape index (κ2) is 7.63. The number of anilines is 1. The van der Waals surface area contributed by atoms with Gasteiger partial charge in [0.15, 0.2) is 0 Å². The van der Waals surface area contributed by atoms with Crippen LogP contribution in [0.4, 0.5) is 5.69 Å². The highest BCUT2D eigenvalue weighted by Crippen LogP contribution is 2.08. The molecule has 0 saturated heterocycles. The summed E-state index contributed by atoms with van der Waals surface area (Å²) in [5, 5.41) is 5.95. The Morgan fingerprint density at radius 2 is 2.24 bits per heavy atom. The molecule has 0 aromatic heterocycles. The number of hydrogen-bond acceptors (Lipinski definition) is 2. The number of aryl methyl sites for hydroxylation is 1. The van der Waals surface area contributed by atoms with Crippen molar-refractivity contribution in [3.63, 3.8) is 0 Å². The van der Waals surface area contributed by atoms with Crippen molar-refractivity contribution in [1.82, 2.24) is 5.32 Å². The molecule has 1 aromatic rings. The topological polar surface area (TPSA) is 41.1 Å². The minimum Gasteiger partial charge on any atom is -0.325 e. The van der Waals surface area contributed by atoms with Gasteiger partial charge in [-0.25, -0.2) is 0 Å². The SMILES string of the molecule is C/C=C/CCNCC(=O)Nc1cccc(C)c1. The Hall–Kier alpha value is -1.61. The Morgan fingerprint density at radius 1 is 1.41 bits per heavy atom. The van der Waals surface area contributed by atoms with Crippen LogP contribution in [0.3, 0.4) is 0 Å². The fourth-order valence-electron chi connectivity index (χ4n) is 1.48. The van der Waals surface area contributed by atoms with Crippen LogP contribution >= 0.6 is 0 Å². The van der Waals surface area contributed by atoms with Gasteiger partial charge >= 0.3 is 0 Å². The predicted octanol–water partition coefficient (Wildman–Crippen LogP) is 2.49. The van der Waals surface area contributed by atoms with E-state index in [0.29, 0.717) is 6.54 Å². The van der Waals surface area contributed by atoms with Crippen LogP contribution in [0.5, 0.6) is 0 Å². The smallest absolute Gasteiger partial charge is 0.238 e. The predicted molar refractivity (Wildman–Crippen MR) is 72.1 cm³/mol. The lowest BCUT2D eigenvalue weighted by atomic mass is 10.2. The zero-order valence-electron chi connectivity index (χ0n) is 10.5. The van der Waals surface area contributed by atoms with E-state index in [1.165, 1.54) is 0 Å². The van der Waals surface area contributed by atoms with Crippen molar-refractivity contribution in [3.8, 4) is 0 Å². The van der Waals surface area contributed by atoms with Crippen molar-refractivity contribution < 1.29 is 4.79 Å². The van der Waals surface area contributed by atoms with Gasteiger partial charge in [-0.15, -0.1) is 0 Å². The minimum atomic E-state index is -0.00363. The number of carbonyl (C=O) groups excluding carboxylic acids is 1. The summed E-state index contributed by atoms with van der Waals surface area (Å²) in [4.78, 5) is 11.6. The van der Waals surface area contributed by atoms with Crippen LogP contribution in [0.2, 0.25) is 0 Å². The molecule has 1 aromatic carbocycles. The monoisotopic (exact) mass is 232 g/mol. The van der Waals surface area contributed by atoms with Gasteiger partial charge in [0.05, 0.1) is 6.54 Å². The van der Waals surface area contributed by atoms with Gasteiger partial charge in [-0.3, -0.25) is 4.79 Å². The fraction of sp³-hybridized carbons (Fsp3) is 0.357. The fourth-order valence-corrected chi connectivity index (χ4v) is 1.48. The van der Waals surface area contributed by atoms with Crippen molar-refractivity contribution in [1.29, 1.82) is 0 Å². The average Bonchev–Trinajstić information content (AvgIpc) is 2.29. The van der Waals surface area contributed by atoms with Gasteiger partial charge < -0.3 is 10.6 Å². The molecule has 92 valence electrons. The Labute approximate surface area is 103 Å². The molecule has 0 aliphatic heterocycles. The van der Waals surface area contributed by atoms with Crippen LogP contribution in [0.15, 0.2) is 36.4 Å². The zero-order valence-corrected chi connectivity index (χ0v) is 10.5. The number of carbonyl (C=O) groups is 1. The van der Waals surface area contributed by atoms with Crippen LogP contribution in [0, 0.1) is 6.92 Å². The third-order valence-electron chi connectivity index (χ3n) is 2.31. The lowest BCUT2D eigenvalue weighted by Crippen LogP contribution is -2.28. The van der Waals surface area contributed by atoms with E-state index >= 15 is 0 Å². The van der Waals surface area contributed by atoms with E-state index in [1.54, 1.807) is 0 Å². The Morgan fingerprint density at radius 3 is 2.94 bits per heavy atom. The highest BCUT2D eigenvalue weighted by molar-refractivity contribution is 5.92. The number of amides is 1. The van der Waals surface area contributed by atoms with Gasteiger partial charge in [0.25, 0.3) is 0 Å². The quantitative estimate of drug-likeness (QED) is 0.584. The second-order valence-electron chi connectivity index (χ2n) is 3.95. The van der Waals surface area contributed by atoms with Crippen molar-refractivity contribution in [3.05, 3.63) is 42.0 Å². The standard InChI is InChI=1S/C14H20N2O/c1-3-4-5-9-15-11-14(17)16-13-8-6-7-12(2)10-13/h3-4,6-8,10,15H,5,9,11H2,1-2H3,(H,16,17)/b4-3+. The highest BCUT2D eigenvalue weighted by atomic mass is 16.1. The molecule has 0 radical (unpaired) electrons. The van der Waals surface area contributed by atoms with Gasteiger partial charge in [-0.2, -0.15) is 0 Å². The van der Waals surface area contributed by atoms with E-state index in [0.717, 1.165) is 24.2 Å². The van der Waals surface area contributed by atoms with E-state index in [1.807, 2.05) is 44.2 Å². The van der Waals surface area contributed by atoms with Crippen LogP contribution in [-0.4, -0.2) is 19.0 Å². The molecule has 0 aliphatic rings. The normalized spacial score (nSPS) is 10.7. The molecule has 0 heterocycles. The van der Waals surface area contributed by atoms with Crippen LogP contribution in [0.25, 0.3) is 0 Å². The van der Waals surface area contributed by atoms with E-state index in [-0.39, 0.29) is 5.91 Å². The van der Waals surface area contributed by atoms with Crippen LogP contribution < -0.4 is 10.6 Å². The second-order valence-corrected chi connectivity index (χ2v) is 3.95. The van der Waals surface area contributed by atoms with E-state index in [4.69, 9.17) is 0 Å². The summed E-state index contributed by atoms with van der Waals surface area (Å²) in [6.45, 7) is 5.17. The molecule has 0 fully saturated rings. The maximum atomic E-state index is 11.6. The summed E-state index contributed by atoms with van der Waals surface area (Å²) < 4.78 is 0. The number of nitrogens with one attached hydrogen (secondary N) is 2. The number of hydrogen-bond donors (Lipinski definition) is 2. The lowest BCUT2D eigenvalue weighted by Gasteiger charge is -2.06. The first-order valence-corrected chi connectivity index (χ1v) is 5.91. The lowest BCUT2D eigenvalue weighted by molar-refractivity contribution is -0.115. The minimum absolute atomic E-state index is 0.00363. The molecule has 1 rings (SSSR count). The van der Waals surface area contributed by atoms with Gasteiger partial charge in [0.2, 0.25) is 5.91 Å². The number of benzene rings is 1. The van der Waals surface area contributed by atoms with E-state index in [9.17, 15) is 4.79 Å². The molecule has 0 atom stereocenters. The van der Waals surface area contributed by atoms with Gasteiger partial charge in [-0.1, -0.05) is 24.3 Å². The van der Waals surface area contributed by atoms with Gasteiger partial charge in [0.1, 0.15) is 0 Å². The zero-order chi connectivity index (χ0) is 12.5. The third-order valence-corrected chi connectivity index (χ3v) is 2.31. The average molecular weight is 232 g/mol. The van der Waals surface area contributed by atoms with Gasteiger partial charge in [-0.05, 0) is 44.5 Å². The Balaban J connectivity index is 2.25. The van der Waals surface area contributed by atoms with Crippen LogP contribution in [0.1, 0.15) is 18.9 Å². The molecule has 17 heavy (non-hydrogen) atoms. The number of allylic oxidation sites excluding steroid dienone is 1. The highest BCUT2D eigenvalue weighted by Gasteiger charge is 2.00. The molecule has 0 saturated carbocycles. The maximum absolute atomic E-state index is 11.6. The summed E-state index contributed by atoms with van der Waals surface area (Å²) in [5.41, 5.74) is 1.99. The van der Waals surface area contributed by atoms with Crippen molar-refractivity contribution in [2.45, 2.75) is 20.3 Å². The molecule has 0 unspecified atom stereocenters. The maximum Gasteiger partial charge on any atom is 0.238 e. The molecule has 3 nitrogen and oxygen atoms in total. The Bertz CT molecular complexity index is 386. The summed E-state index contributed by atoms with van der Waals surface area (Å²) in [7, 11) is 0. The molecule has 2 N–H and O–H groups in total. The van der Waals surface area contributed by atoms with Gasteiger partial charge in [0, 0.05) is 5.69 Å². The van der Waals surface area contributed by atoms with Crippen molar-refractivity contribution in [2.24, 2.45) is 0 Å². The van der Waals surface area contributed by atoms with Crippen LogP contribution in [-0.2, 0) is 4.79 Å². The molecular weight excluding hydrogens is 212 g/mol. The number of rotatable bonds is 6. The summed E-state index contributed by atoms with van der Waals surface area (Å²) in [6, 6.07) is 7.79. The molecule has 0 spiro atoms. The Kier molecular flexibility index (Phi) is 6.04. The molecule has 3 heteroatoms. The first-order chi connectivity index (χ1) is 8.22. The van der Waals surface area contributed by atoms with Crippen molar-refractivity contribution in [2.75, 3.05) is 18.4 Å². The first kappa shape index (κ1) is 13.5. The summed E-state index contributed by atoms with van der Waals surface area (Å²) in [6.07, 6.45) is 5.04. The largest absolute Gasteiger partial charge is 0.325 e. The molecule has 0 aliphatic carbocycles. The first-order valence-electron chi connectivity index (χ1n) is 5.91. The molecular formula is C14H20N2O. The molecule has 1 amide bonds. The summed E-state index contributed by atoms with van der Waals surface area (Å²) in [5.74, 6) is -0.00363. The molecule has 0 bridgehead atoms. The summed E-state index contributed by atoms with van der Waals surface area (Å²) >= 11 is 0. The van der Waals surface area contributed by atoms with E-state index < -0.39 is 0 Å².